The number of aromatic nitrogens is 4. The molecule has 20 heavy (non-hydrogen) atoms. The molecule has 3 rings (SSSR count). The van der Waals surface area contributed by atoms with Crippen molar-refractivity contribution in [2.24, 2.45) is 11.8 Å². The molecular weight excluding hydrogens is 250 g/mol. The fourth-order valence-electron chi connectivity index (χ4n) is 3.22. The lowest BCUT2D eigenvalue weighted by atomic mass is 9.97. The molecule has 1 aromatic heterocycles. The first kappa shape index (κ1) is 13.1. The molecule has 106 valence electrons. The van der Waals surface area contributed by atoms with Gasteiger partial charge in [-0.05, 0) is 65.8 Å². The van der Waals surface area contributed by atoms with E-state index in [9.17, 15) is 0 Å². The lowest BCUT2D eigenvalue weighted by Crippen LogP contribution is -2.17. The van der Waals surface area contributed by atoms with Crippen LogP contribution in [0.15, 0.2) is 18.2 Å². The van der Waals surface area contributed by atoms with E-state index in [0.29, 0.717) is 12.0 Å². The maximum absolute atomic E-state index is 5.82. The van der Waals surface area contributed by atoms with Gasteiger partial charge in [-0.1, -0.05) is 13.8 Å². The summed E-state index contributed by atoms with van der Waals surface area (Å²) in [6.07, 6.45) is 2.39. The average Bonchev–Trinajstić information content (AvgIpc) is 2.98. The predicted molar refractivity (Wildman–Crippen MR) is 79.0 cm³/mol. The van der Waals surface area contributed by atoms with Gasteiger partial charge in [-0.3, -0.25) is 0 Å². The van der Waals surface area contributed by atoms with E-state index < -0.39 is 0 Å². The van der Waals surface area contributed by atoms with E-state index in [2.05, 4.69) is 29.4 Å². The van der Waals surface area contributed by atoms with E-state index in [1.165, 1.54) is 6.42 Å². The van der Waals surface area contributed by atoms with Crippen molar-refractivity contribution in [3.8, 4) is 11.4 Å². The quantitative estimate of drug-likeness (QED) is 0.853. The van der Waals surface area contributed by atoms with Gasteiger partial charge in [0.1, 0.15) is 0 Å². The van der Waals surface area contributed by atoms with Crippen LogP contribution in [0.3, 0.4) is 0 Å². The molecule has 2 N–H and O–H groups in total. The number of anilines is 1. The summed E-state index contributed by atoms with van der Waals surface area (Å²) in [7, 11) is 0. The van der Waals surface area contributed by atoms with Crippen LogP contribution in [0, 0.1) is 18.8 Å². The number of aryl methyl sites for hydroxylation is 1. The van der Waals surface area contributed by atoms with Crippen molar-refractivity contribution >= 4 is 5.69 Å². The van der Waals surface area contributed by atoms with Gasteiger partial charge in [0.05, 0.1) is 6.04 Å². The maximum Gasteiger partial charge on any atom is 0.182 e. The molecule has 1 fully saturated rings. The van der Waals surface area contributed by atoms with Gasteiger partial charge in [-0.15, -0.1) is 5.10 Å². The van der Waals surface area contributed by atoms with Crippen LogP contribution in [0.2, 0.25) is 0 Å². The minimum absolute atomic E-state index is 0.395. The van der Waals surface area contributed by atoms with Crippen molar-refractivity contribution < 1.29 is 0 Å². The van der Waals surface area contributed by atoms with Gasteiger partial charge in [-0.2, -0.15) is 0 Å². The monoisotopic (exact) mass is 271 g/mol. The largest absolute Gasteiger partial charge is 0.399 e. The second-order valence-electron chi connectivity index (χ2n) is 6.00. The molecular formula is C15H21N5. The molecule has 2 aromatic rings. The Balaban J connectivity index is 2.02. The first-order valence-corrected chi connectivity index (χ1v) is 7.22. The smallest absolute Gasteiger partial charge is 0.182 e. The molecule has 1 heterocycles. The zero-order valence-corrected chi connectivity index (χ0v) is 12.2. The molecule has 1 aliphatic rings. The molecule has 3 unspecified atom stereocenters. The number of nitrogen functional groups attached to an aromatic ring is 1. The van der Waals surface area contributed by atoms with Gasteiger partial charge in [0.15, 0.2) is 5.82 Å². The Labute approximate surface area is 119 Å². The summed E-state index contributed by atoms with van der Waals surface area (Å²) >= 11 is 0. The van der Waals surface area contributed by atoms with E-state index in [-0.39, 0.29) is 0 Å². The standard InChI is InChI=1S/C15H21N5/c1-9-4-7-14(11(9)3)20-15(17-18-19-20)13-6-5-12(16)8-10(13)2/h5-6,8-9,11,14H,4,7,16H2,1-3H3. The van der Waals surface area contributed by atoms with Gasteiger partial charge in [-0.25, -0.2) is 4.68 Å². The highest BCUT2D eigenvalue weighted by Gasteiger charge is 2.33. The summed E-state index contributed by atoms with van der Waals surface area (Å²) in [5.41, 5.74) is 8.77. The van der Waals surface area contributed by atoms with Crippen molar-refractivity contribution in [3.63, 3.8) is 0 Å². The molecule has 0 saturated heterocycles. The summed E-state index contributed by atoms with van der Waals surface area (Å²) in [5.74, 6) is 2.18. The first-order valence-electron chi connectivity index (χ1n) is 7.22. The Morgan fingerprint density at radius 2 is 2.05 bits per heavy atom. The number of hydrogen-bond donors (Lipinski definition) is 1. The maximum atomic E-state index is 5.82. The molecule has 1 aliphatic carbocycles. The van der Waals surface area contributed by atoms with E-state index >= 15 is 0 Å². The van der Waals surface area contributed by atoms with Gasteiger partial charge >= 0.3 is 0 Å². The molecule has 0 radical (unpaired) electrons. The average molecular weight is 271 g/mol. The lowest BCUT2D eigenvalue weighted by Gasteiger charge is -2.19. The number of hydrogen-bond acceptors (Lipinski definition) is 4. The van der Waals surface area contributed by atoms with Crippen LogP contribution in [0.25, 0.3) is 11.4 Å². The number of nitrogens with two attached hydrogens (primary N) is 1. The van der Waals surface area contributed by atoms with Crippen LogP contribution in [0.4, 0.5) is 5.69 Å². The SMILES string of the molecule is Cc1cc(N)ccc1-c1nnnn1C1CCC(C)C1C. The Bertz CT molecular complexity index is 618. The van der Waals surface area contributed by atoms with Crippen LogP contribution in [-0.2, 0) is 0 Å². The van der Waals surface area contributed by atoms with Gasteiger partial charge in [0.2, 0.25) is 0 Å². The van der Waals surface area contributed by atoms with Gasteiger partial charge in [0, 0.05) is 11.3 Å². The zero-order valence-electron chi connectivity index (χ0n) is 12.2. The molecule has 0 bridgehead atoms. The van der Waals surface area contributed by atoms with Crippen LogP contribution in [-0.4, -0.2) is 20.2 Å². The fourth-order valence-corrected chi connectivity index (χ4v) is 3.22. The second-order valence-corrected chi connectivity index (χ2v) is 6.00. The summed E-state index contributed by atoms with van der Waals surface area (Å²) in [4.78, 5) is 0. The molecule has 1 aromatic carbocycles. The summed E-state index contributed by atoms with van der Waals surface area (Å²) in [5, 5.41) is 12.4. The normalized spacial score (nSPS) is 26.1. The van der Waals surface area contributed by atoms with E-state index in [4.69, 9.17) is 5.73 Å². The van der Waals surface area contributed by atoms with Crippen molar-refractivity contribution in [3.05, 3.63) is 23.8 Å². The van der Waals surface area contributed by atoms with Crippen LogP contribution in [0.5, 0.6) is 0 Å². The Morgan fingerprint density at radius 1 is 1.25 bits per heavy atom. The van der Waals surface area contributed by atoms with Crippen molar-refractivity contribution in [2.45, 2.75) is 39.7 Å². The predicted octanol–water partition coefficient (Wildman–Crippen LogP) is 2.84. The highest BCUT2D eigenvalue weighted by molar-refractivity contribution is 5.63. The number of benzene rings is 1. The molecule has 5 nitrogen and oxygen atoms in total. The molecule has 0 amide bonds. The Kier molecular flexibility index (Phi) is 3.20. The highest BCUT2D eigenvalue weighted by atomic mass is 15.6. The van der Waals surface area contributed by atoms with Crippen LogP contribution in [0.1, 0.15) is 38.3 Å². The number of nitrogens with zero attached hydrogens (tertiary/aromatic N) is 4. The minimum atomic E-state index is 0.395. The van der Waals surface area contributed by atoms with Crippen molar-refractivity contribution in [2.75, 3.05) is 5.73 Å². The van der Waals surface area contributed by atoms with E-state index in [0.717, 1.165) is 35.0 Å². The molecule has 0 spiro atoms. The van der Waals surface area contributed by atoms with Gasteiger partial charge < -0.3 is 5.73 Å². The second kappa shape index (κ2) is 4.89. The third-order valence-electron chi connectivity index (χ3n) is 4.72. The lowest BCUT2D eigenvalue weighted by molar-refractivity contribution is 0.328. The third kappa shape index (κ3) is 2.07. The first-order chi connectivity index (χ1) is 9.58. The number of rotatable bonds is 2. The van der Waals surface area contributed by atoms with Crippen LogP contribution < -0.4 is 5.73 Å². The van der Waals surface area contributed by atoms with Gasteiger partial charge in [0.25, 0.3) is 0 Å². The van der Waals surface area contributed by atoms with Crippen molar-refractivity contribution in [1.29, 1.82) is 0 Å². The highest BCUT2D eigenvalue weighted by Crippen LogP contribution is 2.41. The summed E-state index contributed by atoms with van der Waals surface area (Å²) in [6.45, 7) is 6.65. The summed E-state index contributed by atoms with van der Waals surface area (Å²) < 4.78 is 2.01. The van der Waals surface area contributed by atoms with Crippen LogP contribution >= 0.6 is 0 Å². The molecule has 1 saturated carbocycles. The molecule has 0 aliphatic heterocycles. The van der Waals surface area contributed by atoms with Crippen molar-refractivity contribution in [1.82, 2.24) is 20.2 Å². The van der Waals surface area contributed by atoms with E-state index in [1.54, 1.807) is 0 Å². The topological polar surface area (TPSA) is 69.6 Å². The Morgan fingerprint density at radius 3 is 2.70 bits per heavy atom. The summed E-state index contributed by atoms with van der Waals surface area (Å²) in [6, 6.07) is 6.28. The van der Waals surface area contributed by atoms with E-state index in [1.807, 2.05) is 29.8 Å². The molecule has 3 atom stereocenters. The Hall–Kier alpha value is -1.91. The molecule has 5 heteroatoms. The fraction of sp³-hybridized carbons (Fsp3) is 0.533. The minimum Gasteiger partial charge on any atom is -0.399 e. The third-order valence-corrected chi connectivity index (χ3v) is 4.72. The number of tetrazole rings is 1. The zero-order chi connectivity index (χ0) is 14.3.